The molecule has 0 atom stereocenters. The van der Waals surface area contributed by atoms with Crippen LogP contribution in [0.15, 0.2) is 53.6 Å². The van der Waals surface area contributed by atoms with Crippen molar-refractivity contribution in [3.05, 3.63) is 81.8 Å². The van der Waals surface area contributed by atoms with E-state index in [1.807, 2.05) is 30.6 Å². The summed E-state index contributed by atoms with van der Waals surface area (Å²) in [5.74, 6) is 0.801. The van der Waals surface area contributed by atoms with Crippen LogP contribution in [-0.4, -0.2) is 21.5 Å². The van der Waals surface area contributed by atoms with E-state index in [1.54, 1.807) is 0 Å². The first-order valence-electron chi connectivity index (χ1n) is 9.10. The summed E-state index contributed by atoms with van der Waals surface area (Å²) in [5.41, 5.74) is 4.91. The molecule has 1 saturated carbocycles. The number of fused-ring (bicyclic) bond motifs is 1. The third kappa shape index (κ3) is 2.47. The Kier molecular flexibility index (Phi) is 3.50. The Morgan fingerprint density at radius 3 is 2.69 bits per heavy atom. The molecule has 3 heterocycles. The lowest BCUT2D eigenvalue weighted by Crippen LogP contribution is -2.33. The van der Waals surface area contributed by atoms with Crippen LogP contribution >= 0.6 is 0 Å². The molecule has 130 valence electrons. The van der Waals surface area contributed by atoms with Crippen molar-refractivity contribution >= 4 is 0 Å². The molecular weight excluding hydrogens is 324 g/mol. The van der Waals surface area contributed by atoms with E-state index in [9.17, 15) is 4.79 Å². The van der Waals surface area contributed by atoms with E-state index >= 15 is 0 Å². The maximum Gasteiger partial charge on any atom is 0.255 e. The minimum absolute atomic E-state index is 0.00403. The van der Waals surface area contributed by atoms with Gasteiger partial charge < -0.3 is 10.3 Å². The number of nitrogens with one attached hydrogen (secondary N) is 2. The predicted octanol–water partition coefficient (Wildman–Crippen LogP) is 2.56. The van der Waals surface area contributed by atoms with Crippen molar-refractivity contribution in [1.82, 2.24) is 20.3 Å². The number of benzene rings is 1. The van der Waals surface area contributed by atoms with Crippen LogP contribution < -0.4 is 10.9 Å². The van der Waals surface area contributed by atoms with Gasteiger partial charge in [0.15, 0.2) is 0 Å². The number of aromatic amines is 1. The average Bonchev–Trinajstić information content (AvgIpc) is 3.51. The average molecular weight is 344 g/mol. The number of H-pyrrole nitrogens is 1. The summed E-state index contributed by atoms with van der Waals surface area (Å²) in [7, 11) is 0. The summed E-state index contributed by atoms with van der Waals surface area (Å²) in [6.07, 6.45) is 6.61. The van der Waals surface area contributed by atoms with Crippen LogP contribution in [0.4, 0.5) is 0 Å². The topological polar surface area (TPSA) is 70.7 Å². The molecule has 0 bridgehead atoms. The highest BCUT2D eigenvalue weighted by Gasteiger charge is 2.49. The maximum absolute atomic E-state index is 12.5. The fraction of sp³-hybridized carbons (Fsp3) is 0.286. The number of pyridine rings is 1. The molecule has 2 N–H and O–H groups in total. The lowest BCUT2D eigenvalue weighted by molar-refractivity contribution is 0.604. The SMILES string of the molecule is O=c1[nH]c(C2(c3cncc(-c4ccccc4)c3)CC2)nc2c1CNCC2. The molecule has 1 fully saturated rings. The lowest BCUT2D eigenvalue weighted by Gasteiger charge is -2.20. The first kappa shape index (κ1) is 15.5. The summed E-state index contributed by atoms with van der Waals surface area (Å²) < 4.78 is 0. The second-order valence-electron chi connectivity index (χ2n) is 7.18. The summed E-state index contributed by atoms with van der Waals surface area (Å²) >= 11 is 0. The summed E-state index contributed by atoms with van der Waals surface area (Å²) in [6.45, 7) is 1.48. The quantitative estimate of drug-likeness (QED) is 0.766. The van der Waals surface area contributed by atoms with Crippen molar-refractivity contribution in [3.63, 3.8) is 0 Å². The largest absolute Gasteiger partial charge is 0.312 e. The summed E-state index contributed by atoms with van der Waals surface area (Å²) in [6, 6.07) is 12.5. The Morgan fingerprint density at radius 2 is 1.88 bits per heavy atom. The minimum atomic E-state index is -0.198. The van der Waals surface area contributed by atoms with Gasteiger partial charge in [-0.1, -0.05) is 30.3 Å². The Morgan fingerprint density at radius 1 is 1.04 bits per heavy atom. The zero-order valence-corrected chi connectivity index (χ0v) is 14.5. The van der Waals surface area contributed by atoms with Crippen LogP contribution in [-0.2, 0) is 18.4 Å². The van der Waals surface area contributed by atoms with Gasteiger partial charge in [-0.2, -0.15) is 0 Å². The number of hydrogen-bond acceptors (Lipinski definition) is 4. The molecule has 5 rings (SSSR count). The van der Waals surface area contributed by atoms with Crippen LogP contribution in [0.3, 0.4) is 0 Å². The molecule has 26 heavy (non-hydrogen) atoms. The van der Waals surface area contributed by atoms with E-state index in [4.69, 9.17) is 4.98 Å². The number of nitrogens with zero attached hydrogens (tertiary/aromatic N) is 2. The highest BCUT2D eigenvalue weighted by Crippen LogP contribution is 2.52. The molecule has 5 nitrogen and oxygen atoms in total. The lowest BCUT2D eigenvalue weighted by atomic mass is 9.93. The Balaban J connectivity index is 1.59. The van der Waals surface area contributed by atoms with Gasteiger partial charge in [0, 0.05) is 37.5 Å². The maximum atomic E-state index is 12.5. The van der Waals surface area contributed by atoms with E-state index in [0.717, 1.165) is 59.6 Å². The van der Waals surface area contributed by atoms with Crippen molar-refractivity contribution in [2.45, 2.75) is 31.2 Å². The van der Waals surface area contributed by atoms with Crippen molar-refractivity contribution in [1.29, 1.82) is 0 Å². The van der Waals surface area contributed by atoms with E-state index in [2.05, 4.69) is 33.5 Å². The molecule has 0 amide bonds. The second-order valence-corrected chi connectivity index (χ2v) is 7.18. The van der Waals surface area contributed by atoms with Gasteiger partial charge >= 0.3 is 0 Å². The first-order chi connectivity index (χ1) is 12.8. The fourth-order valence-electron chi connectivity index (χ4n) is 3.86. The molecule has 1 aliphatic heterocycles. The number of hydrogen-bond donors (Lipinski definition) is 2. The fourth-order valence-corrected chi connectivity index (χ4v) is 3.86. The van der Waals surface area contributed by atoms with Gasteiger partial charge in [0.1, 0.15) is 5.82 Å². The smallest absolute Gasteiger partial charge is 0.255 e. The highest BCUT2D eigenvalue weighted by molar-refractivity contribution is 5.64. The third-order valence-corrected chi connectivity index (χ3v) is 5.54. The second kappa shape index (κ2) is 5.88. The van der Waals surface area contributed by atoms with Gasteiger partial charge in [0.05, 0.1) is 16.7 Å². The van der Waals surface area contributed by atoms with E-state index in [1.165, 1.54) is 0 Å². The third-order valence-electron chi connectivity index (χ3n) is 5.54. The van der Waals surface area contributed by atoms with Crippen LogP contribution in [0.5, 0.6) is 0 Å². The van der Waals surface area contributed by atoms with Crippen LogP contribution in [0.1, 0.15) is 35.5 Å². The zero-order chi connectivity index (χ0) is 17.6. The van der Waals surface area contributed by atoms with Crippen molar-refractivity contribution in [2.24, 2.45) is 0 Å². The molecule has 0 radical (unpaired) electrons. The van der Waals surface area contributed by atoms with Crippen LogP contribution in [0.25, 0.3) is 11.1 Å². The standard InChI is InChI=1S/C21H20N4O/c26-19-17-13-22-9-6-18(17)24-20(25-19)21(7-8-21)16-10-15(11-23-12-16)14-4-2-1-3-5-14/h1-5,10-12,22H,6-9,13H2,(H,24,25,26). The Bertz CT molecular complexity index is 1020. The molecule has 2 aromatic heterocycles. The molecular formula is C21H20N4O. The van der Waals surface area contributed by atoms with Gasteiger partial charge in [-0.05, 0) is 30.0 Å². The first-order valence-corrected chi connectivity index (χ1v) is 9.10. The predicted molar refractivity (Wildman–Crippen MR) is 100.0 cm³/mol. The summed E-state index contributed by atoms with van der Waals surface area (Å²) in [4.78, 5) is 24.9. The zero-order valence-electron chi connectivity index (χ0n) is 14.5. The highest BCUT2D eigenvalue weighted by atomic mass is 16.1. The normalized spacial score (nSPS) is 17.5. The number of rotatable bonds is 3. The van der Waals surface area contributed by atoms with Crippen LogP contribution in [0.2, 0.25) is 0 Å². The molecule has 1 aromatic carbocycles. The molecule has 0 saturated heterocycles. The van der Waals surface area contributed by atoms with Crippen LogP contribution in [0, 0.1) is 0 Å². The molecule has 1 aliphatic carbocycles. The molecule has 0 unspecified atom stereocenters. The van der Waals surface area contributed by atoms with Gasteiger partial charge in [-0.25, -0.2) is 4.98 Å². The van der Waals surface area contributed by atoms with E-state index < -0.39 is 0 Å². The minimum Gasteiger partial charge on any atom is -0.312 e. The van der Waals surface area contributed by atoms with Crippen molar-refractivity contribution < 1.29 is 0 Å². The molecule has 3 aromatic rings. The monoisotopic (exact) mass is 344 g/mol. The Labute approximate surface area is 151 Å². The van der Waals surface area contributed by atoms with E-state index in [-0.39, 0.29) is 11.0 Å². The van der Waals surface area contributed by atoms with Crippen molar-refractivity contribution in [2.75, 3.05) is 6.54 Å². The van der Waals surface area contributed by atoms with Gasteiger partial charge in [-0.15, -0.1) is 0 Å². The summed E-state index contributed by atoms with van der Waals surface area (Å²) in [5, 5.41) is 3.24. The Hall–Kier alpha value is -2.79. The molecule has 5 heteroatoms. The van der Waals surface area contributed by atoms with Crippen molar-refractivity contribution in [3.8, 4) is 11.1 Å². The van der Waals surface area contributed by atoms with Gasteiger partial charge in [0.2, 0.25) is 0 Å². The van der Waals surface area contributed by atoms with Gasteiger partial charge in [-0.3, -0.25) is 9.78 Å². The molecule has 0 spiro atoms. The number of aromatic nitrogens is 3. The van der Waals surface area contributed by atoms with E-state index in [0.29, 0.717) is 6.54 Å². The van der Waals surface area contributed by atoms with Gasteiger partial charge in [0.25, 0.3) is 5.56 Å². The molecule has 2 aliphatic rings.